The standard InChI is InChI=1S/C19H16ClN3O3.CHF3/c1-11-6-18(24)23(10-21-11)9-13-7-16-14(8-15(13)20)17(26-19(25)22-16)5-4-12-2-3-12;2-1(3)4/h6-8,10,12,17H,2-3,9H2,1H3,(H,22,25);1H/t17-;/m0./s1. The molecule has 2 heterocycles. The van der Waals surface area contributed by atoms with E-state index in [-0.39, 0.29) is 12.1 Å². The number of amides is 1. The molecule has 0 radical (unpaired) electrons. The second-order valence-corrected chi connectivity index (χ2v) is 7.16. The van der Waals surface area contributed by atoms with Gasteiger partial charge in [-0.2, -0.15) is 13.2 Å². The number of benzene rings is 1. The molecule has 1 aliphatic heterocycles. The summed E-state index contributed by atoms with van der Waals surface area (Å²) in [7, 11) is 0. The van der Waals surface area contributed by atoms with Crippen molar-refractivity contribution in [3.8, 4) is 11.8 Å². The van der Waals surface area contributed by atoms with Gasteiger partial charge in [-0.3, -0.25) is 14.7 Å². The second-order valence-electron chi connectivity index (χ2n) is 6.75. The van der Waals surface area contributed by atoms with E-state index in [2.05, 4.69) is 22.1 Å². The number of rotatable bonds is 2. The largest absolute Gasteiger partial charge is 0.428 e. The Bertz CT molecular complexity index is 1070. The molecule has 1 aliphatic carbocycles. The highest BCUT2D eigenvalue weighted by molar-refractivity contribution is 6.31. The average Bonchev–Trinajstić information content (AvgIpc) is 3.47. The van der Waals surface area contributed by atoms with Gasteiger partial charge in [-0.15, -0.1) is 0 Å². The molecular weight excluding hydrogens is 423 g/mol. The fourth-order valence-corrected chi connectivity index (χ4v) is 2.97. The molecule has 2 aromatic rings. The van der Waals surface area contributed by atoms with E-state index in [0.717, 1.165) is 18.4 Å². The lowest BCUT2D eigenvalue weighted by atomic mass is 10.0. The molecule has 0 unspecified atom stereocenters. The molecule has 1 saturated carbocycles. The number of fused-ring (bicyclic) bond motifs is 1. The fourth-order valence-electron chi connectivity index (χ4n) is 2.74. The van der Waals surface area contributed by atoms with E-state index in [0.29, 0.717) is 27.9 Å². The van der Waals surface area contributed by atoms with Crippen molar-refractivity contribution >= 4 is 23.4 Å². The molecule has 1 aromatic carbocycles. The van der Waals surface area contributed by atoms with Crippen molar-refractivity contribution in [1.82, 2.24) is 9.55 Å². The minimum absolute atomic E-state index is 0.160. The van der Waals surface area contributed by atoms with Gasteiger partial charge in [0.2, 0.25) is 0 Å². The molecule has 0 spiro atoms. The minimum atomic E-state index is -3.67. The first-order valence-electron chi connectivity index (χ1n) is 8.99. The van der Waals surface area contributed by atoms with Crippen molar-refractivity contribution in [3.05, 3.63) is 56.7 Å². The number of hydrogen-bond acceptors (Lipinski definition) is 4. The number of hydrogen-bond donors (Lipinski definition) is 1. The highest BCUT2D eigenvalue weighted by Gasteiger charge is 2.27. The number of cyclic esters (lactones) is 1. The molecule has 6 nitrogen and oxygen atoms in total. The van der Waals surface area contributed by atoms with Crippen LogP contribution in [0.3, 0.4) is 0 Å². The van der Waals surface area contributed by atoms with Gasteiger partial charge in [-0.1, -0.05) is 23.4 Å². The van der Waals surface area contributed by atoms with Crippen LogP contribution in [0, 0.1) is 24.7 Å². The van der Waals surface area contributed by atoms with Crippen molar-refractivity contribution in [2.24, 2.45) is 5.92 Å². The van der Waals surface area contributed by atoms with Crippen LogP contribution in [0.2, 0.25) is 5.02 Å². The zero-order valence-electron chi connectivity index (χ0n) is 15.8. The Morgan fingerprint density at radius 2 is 1.97 bits per heavy atom. The molecule has 158 valence electrons. The van der Waals surface area contributed by atoms with Crippen molar-refractivity contribution in [2.45, 2.75) is 39.1 Å². The lowest BCUT2D eigenvalue weighted by Crippen LogP contribution is -2.25. The van der Waals surface area contributed by atoms with Gasteiger partial charge in [-0.05, 0) is 37.5 Å². The van der Waals surface area contributed by atoms with Gasteiger partial charge >= 0.3 is 12.8 Å². The van der Waals surface area contributed by atoms with Crippen LogP contribution >= 0.6 is 11.6 Å². The predicted molar refractivity (Wildman–Crippen MR) is 104 cm³/mol. The number of nitrogens with zero attached hydrogens (tertiary/aromatic N) is 2. The van der Waals surface area contributed by atoms with Crippen molar-refractivity contribution < 1.29 is 22.7 Å². The Morgan fingerprint density at radius 3 is 2.60 bits per heavy atom. The maximum absolute atomic E-state index is 12.1. The number of carbonyl (C=O) groups is 1. The van der Waals surface area contributed by atoms with Gasteiger partial charge in [0.05, 0.1) is 18.6 Å². The summed E-state index contributed by atoms with van der Waals surface area (Å²) in [5, 5.41) is 3.16. The van der Waals surface area contributed by atoms with E-state index in [1.807, 2.05) is 0 Å². The third kappa shape index (κ3) is 5.76. The number of halogens is 4. The Kier molecular flexibility index (Phi) is 6.67. The third-order valence-electron chi connectivity index (χ3n) is 4.32. The molecule has 1 N–H and O–H groups in total. The van der Waals surface area contributed by atoms with Crippen LogP contribution in [-0.2, 0) is 11.3 Å². The number of nitrogens with one attached hydrogen (secondary N) is 1. The molecule has 30 heavy (non-hydrogen) atoms. The van der Waals surface area contributed by atoms with Crippen LogP contribution in [0.4, 0.5) is 23.7 Å². The number of alkyl halides is 3. The molecule has 2 aliphatic rings. The summed E-state index contributed by atoms with van der Waals surface area (Å²) in [6, 6.07) is 4.96. The van der Waals surface area contributed by atoms with E-state index in [9.17, 15) is 22.8 Å². The first-order valence-corrected chi connectivity index (χ1v) is 9.37. The summed E-state index contributed by atoms with van der Waals surface area (Å²) >= 11 is 6.42. The zero-order valence-corrected chi connectivity index (χ0v) is 16.5. The summed E-state index contributed by atoms with van der Waals surface area (Å²) in [4.78, 5) is 28.1. The van der Waals surface area contributed by atoms with Crippen molar-refractivity contribution in [1.29, 1.82) is 0 Å². The van der Waals surface area contributed by atoms with Gasteiger partial charge in [0, 0.05) is 28.3 Å². The summed E-state index contributed by atoms with van der Waals surface area (Å²) < 4.78 is 35.8. The molecule has 1 aromatic heterocycles. The summed E-state index contributed by atoms with van der Waals surface area (Å²) in [5.74, 6) is 6.55. The van der Waals surface area contributed by atoms with Crippen molar-refractivity contribution in [3.63, 3.8) is 0 Å². The molecule has 1 amide bonds. The van der Waals surface area contributed by atoms with Gasteiger partial charge in [0.1, 0.15) is 0 Å². The minimum Gasteiger partial charge on any atom is -0.428 e. The van der Waals surface area contributed by atoms with Gasteiger partial charge < -0.3 is 4.74 Å². The van der Waals surface area contributed by atoms with Crippen molar-refractivity contribution in [2.75, 3.05) is 5.32 Å². The predicted octanol–water partition coefficient (Wildman–Crippen LogP) is 4.45. The quantitative estimate of drug-likeness (QED) is 0.702. The van der Waals surface area contributed by atoms with Gasteiger partial charge in [0.25, 0.3) is 5.56 Å². The molecule has 0 saturated heterocycles. The smallest absolute Gasteiger partial charge is 0.413 e. The number of aryl methyl sites for hydroxylation is 1. The highest BCUT2D eigenvalue weighted by atomic mass is 35.5. The highest BCUT2D eigenvalue weighted by Crippen LogP contribution is 2.36. The summed E-state index contributed by atoms with van der Waals surface area (Å²) in [6.45, 7) is -1.65. The number of carbonyl (C=O) groups excluding carboxylic acids is 1. The fraction of sp³-hybridized carbons (Fsp3) is 0.350. The maximum atomic E-state index is 12.1. The lowest BCUT2D eigenvalue weighted by Gasteiger charge is -2.24. The SMILES string of the molecule is Cc1cc(=O)n(Cc2cc3c(cc2Cl)[C@H](C#CC2CC2)OC(=O)N3)cn1.FC(F)F. The first-order chi connectivity index (χ1) is 14.2. The van der Waals surface area contributed by atoms with Crippen LogP contribution in [0.1, 0.15) is 35.8 Å². The first kappa shape index (κ1) is 21.7. The molecule has 1 fully saturated rings. The van der Waals surface area contributed by atoms with E-state index in [1.165, 1.54) is 17.0 Å². The Balaban J connectivity index is 0.000000589. The summed E-state index contributed by atoms with van der Waals surface area (Å²) in [5.41, 5.74) is 2.52. The molecule has 1 atom stereocenters. The monoisotopic (exact) mass is 439 g/mol. The molecule has 4 rings (SSSR count). The number of ether oxygens (including phenoxy) is 1. The van der Waals surface area contributed by atoms with E-state index in [4.69, 9.17) is 16.3 Å². The van der Waals surface area contributed by atoms with Crippen LogP contribution in [0.15, 0.2) is 29.3 Å². The Hall–Kier alpha value is -2.99. The van der Waals surface area contributed by atoms with E-state index in [1.54, 1.807) is 19.1 Å². The lowest BCUT2D eigenvalue weighted by molar-refractivity contribution is 0.00818. The Morgan fingerprint density at radius 1 is 1.27 bits per heavy atom. The van der Waals surface area contributed by atoms with Crippen LogP contribution in [-0.4, -0.2) is 22.3 Å². The van der Waals surface area contributed by atoms with Crippen LogP contribution in [0.5, 0.6) is 0 Å². The molecular formula is C20H17ClF3N3O3. The van der Waals surface area contributed by atoms with E-state index < -0.39 is 18.9 Å². The van der Waals surface area contributed by atoms with E-state index >= 15 is 0 Å². The Labute approximate surface area is 175 Å². The summed E-state index contributed by atoms with van der Waals surface area (Å²) in [6.07, 6.45) is 2.50. The number of aromatic nitrogens is 2. The van der Waals surface area contributed by atoms with Crippen LogP contribution < -0.4 is 10.9 Å². The zero-order chi connectivity index (χ0) is 21.8. The van der Waals surface area contributed by atoms with Gasteiger partial charge in [0.15, 0.2) is 6.10 Å². The number of anilines is 1. The third-order valence-corrected chi connectivity index (χ3v) is 4.67. The van der Waals surface area contributed by atoms with Gasteiger partial charge in [-0.25, -0.2) is 9.78 Å². The molecule has 0 bridgehead atoms. The molecule has 10 heteroatoms. The van der Waals surface area contributed by atoms with Crippen LogP contribution in [0.25, 0.3) is 0 Å². The topological polar surface area (TPSA) is 73.2 Å². The normalized spacial score (nSPS) is 17.0. The second kappa shape index (κ2) is 9.22. The maximum Gasteiger partial charge on any atom is 0.413 e. The average molecular weight is 440 g/mol.